The lowest BCUT2D eigenvalue weighted by Gasteiger charge is -2.37. The van der Waals surface area contributed by atoms with Crippen molar-refractivity contribution in [3.63, 3.8) is 0 Å². The monoisotopic (exact) mass is 391 g/mol. The fraction of sp³-hybridized carbons (Fsp3) is 0.417. The number of nitrogens with one attached hydrogen (secondary N) is 1. The van der Waals surface area contributed by atoms with Crippen LogP contribution in [0.1, 0.15) is 11.1 Å². The number of fused-ring (bicyclic) bond motifs is 2. The summed E-state index contributed by atoms with van der Waals surface area (Å²) >= 11 is 0. The first kappa shape index (κ1) is 18.5. The van der Waals surface area contributed by atoms with Crippen LogP contribution < -0.4 is 9.47 Å². The molecule has 5 rings (SSSR count). The number of benzene rings is 2. The van der Waals surface area contributed by atoms with Gasteiger partial charge in [-0.05, 0) is 43.2 Å². The van der Waals surface area contributed by atoms with E-state index >= 15 is 0 Å². The minimum absolute atomic E-state index is 0.117. The maximum atomic E-state index is 6.12. The zero-order chi connectivity index (χ0) is 19.6. The van der Waals surface area contributed by atoms with Crippen LogP contribution >= 0.6 is 0 Å². The molecule has 1 atom stereocenters. The van der Waals surface area contributed by atoms with Crippen LogP contribution in [0.5, 0.6) is 11.5 Å². The first-order valence-corrected chi connectivity index (χ1v) is 10.6. The van der Waals surface area contributed by atoms with Gasteiger partial charge in [-0.1, -0.05) is 23.8 Å². The van der Waals surface area contributed by atoms with E-state index in [4.69, 9.17) is 9.47 Å². The Morgan fingerprint density at radius 2 is 1.79 bits per heavy atom. The number of hydrogen-bond donors (Lipinski definition) is 1. The van der Waals surface area contributed by atoms with E-state index in [1.807, 2.05) is 24.3 Å². The van der Waals surface area contributed by atoms with Crippen LogP contribution in [0.2, 0.25) is 0 Å². The summed E-state index contributed by atoms with van der Waals surface area (Å²) in [7, 11) is 0. The highest BCUT2D eigenvalue weighted by Gasteiger charge is 2.25. The average Bonchev–Trinajstić information content (AvgIpc) is 3.15. The molecule has 5 heteroatoms. The highest BCUT2D eigenvalue weighted by Crippen LogP contribution is 2.31. The Balaban J connectivity index is 1.10. The number of piperazine rings is 1. The molecule has 2 aromatic carbocycles. The van der Waals surface area contributed by atoms with Crippen molar-refractivity contribution < 1.29 is 9.47 Å². The summed E-state index contributed by atoms with van der Waals surface area (Å²) in [5.74, 6) is 1.73. The standard InChI is InChI=1S/C24H29N3O2/c1-18-6-7-22-21(14-18)19(15-25-22)8-9-26-10-12-27(13-11-26)16-20-17-28-23-4-2-3-5-24(23)29-20/h2-7,14-15,20,25H,8-13,16-17H2,1H3. The summed E-state index contributed by atoms with van der Waals surface area (Å²) in [6, 6.07) is 14.6. The number of rotatable bonds is 5. The number of ether oxygens (including phenoxy) is 2. The summed E-state index contributed by atoms with van der Waals surface area (Å²) in [5.41, 5.74) is 3.99. The molecule has 3 heterocycles. The van der Waals surface area contributed by atoms with Crippen LogP contribution in [0.4, 0.5) is 0 Å². The van der Waals surface area contributed by atoms with Gasteiger partial charge in [0.2, 0.25) is 0 Å². The normalized spacial score (nSPS) is 20.2. The quantitative estimate of drug-likeness (QED) is 0.723. The number of aromatic nitrogens is 1. The molecule has 0 amide bonds. The molecule has 1 aromatic heterocycles. The first-order valence-electron chi connectivity index (χ1n) is 10.6. The molecule has 3 aromatic rings. The van der Waals surface area contributed by atoms with Crippen molar-refractivity contribution in [1.29, 1.82) is 0 Å². The second kappa shape index (κ2) is 8.09. The molecule has 1 saturated heterocycles. The highest BCUT2D eigenvalue weighted by atomic mass is 16.6. The number of aromatic amines is 1. The molecular weight excluding hydrogens is 362 g/mol. The van der Waals surface area contributed by atoms with Crippen LogP contribution in [0.25, 0.3) is 10.9 Å². The van der Waals surface area contributed by atoms with Crippen LogP contribution in [-0.2, 0) is 6.42 Å². The summed E-state index contributed by atoms with van der Waals surface area (Å²) in [6.07, 6.45) is 3.39. The van der Waals surface area contributed by atoms with Gasteiger partial charge in [0, 0.05) is 56.4 Å². The van der Waals surface area contributed by atoms with Gasteiger partial charge >= 0.3 is 0 Å². The molecule has 2 aliphatic heterocycles. The van der Waals surface area contributed by atoms with E-state index < -0.39 is 0 Å². The van der Waals surface area contributed by atoms with Gasteiger partial charge in [-0.15, -0.1) is 0 Å². The van der Waals surface area contributed by atoms with E-state index in [9.17, 15) is 0 Å². The van der Waals surface area contributed by atoms with Crippen LogP contribution in [0.15, 0.2) is 48.7 Å². The minimum atomic E-state index is 0.117. The van der Waals surface area contributed by atoms with Gasteiger partial charge in [0.05, 0.1) is 0 Å². The smallest absolute Gasteiger partial charge is 0.161 e. The average molecular weight is 392 g/mol. The predicted molar refractivity (Wildman–Crippen MR) is 116 cm³/mol. The Labute approximate surface area is 172 Å². The van der Waals surface area contributed by atoms with Crippen LogP contribution in [0, 0.1) is 6.92 Å². The zero-order valence-electron chi connectivity index (χ0n) is 17.1. The van der Waals surface area contributed by atoms with Crippen molar-refractivity contribution in [2.75, 3.05) is 45.9 Å². The fourth-order valence-corrected chi connectivity index (χ4v) is 4.41. The molecule has 1 unspecified atom stereocenters. The van der Waals surface area contributed by atoms with Crippen molar-refractivity contribution in [3.05, 3.63) is 59.8 Å². The van der Waals surface area contributed by atoms with Gasteiger partial charge < -0.3 is 19.4 Å². The largest absolute Gasteiger partial charge is 0.486 e. The Morgan fingerprint density at radius 1 is 1.00 bits per heavy atom. The Bertz CT molecular complexity index is 975. The second-order valence-corrected chi connectivity index (χ2v) is 8.25. The SMILES string of the molecule is Cc1ccc2[nH]cc(CCN3CCN(CC4COc5ccccc5O4)CC3)c2c1. The van der Waals surface area contributed by atoms with E-state index in [-0.39, 0.29) is 6.10 Å². The van der Waals surface area contributed by atoms with Crippen molar-refractivity contribution in [1.82, 2.24) is 14.8 Å². The molecule has 1 fully saturated rings. The lowest BCUT2D eigenvalue weighted by Crippen LogP contribution is -2.50. The highest BCUT2D eigenvalue weighted by molar-refractivity contribution is 5.83. The van der Waals surface area contributed by atoms with E-state index in [1.54, 1.807) is 0 Å². The molecule has 0 radical (unpaired) electrons. The van der Waals surface area contributed by atoms with Gasteiger partial charge in [-0.3, -0.25) is 4.90 Å². The molecule has 0 aliphatic carbocycles. The second-order valence-electron chi connectivity index (χ2n) is 8.25. The summed E-state index contributed by atoms with van der Waals surface area (Å²) in [6.45, 7) is 9.27. The number of aryl methyl sites for hydroxylation is 1. The summed E-state index contributed by atoms with van der Waals surface area (Å²) < 4.78 is 12.0. The summed E-state index contributed by atoms with van der Waals surface area (Å²) in [5, 5.41) is 1.37. The van der Waals surface area contributed by atoms with Crippen molar-refractivity contribution in [2.45, 2.75) is 19.4 Å². The Kier molecular flexibility index (Phi) is 5.17. The Morgan fingerprint density at radius 3 is 2.66 bits per heavy atom. The Hall–Kier alpha value is -2.50. The van der Waals surface area contributed by atoms with Crippen molar-refractivity contribution in [2.24, 2.45) is 0 Å². The third kappa shape index (κ3) is 4.11. The van der Waals surface area contributed by atoms with E-state index in [0.717, 1.165) is 57.2 Å². The fourth-order valence-electron chi connectivity index (χ4n) is 4.41. The lowest BCUT2D eigenvalue weighted by molar-refractivity contribution is 0.0406. The molecule has 0 bridgehead atoms. The van der Waals surface area contributed by atoms with E-state index in [1.165, 1.54) is 22.0 Å². The number of H-pyrrole nitrogens is 1. The van der Waals surface area contributed by atoms with E-state index in [0.29, 0.717) is 6.61 Å². The molecule has 1 N–H and O–H groups in total. The van der Waals surface area contributed by atoms with Gasteiger partial charge in [-0.2, -0.15) is 0 Å². The molecule has 5 nitrogen and oxygen atoms in total. The lowest BCUT2D eigenvalue weighted by atomic mass is 10.1. The third-order valence-electron chi connectivity index (χ3n) is 6.11. The maximum absolute atomic E-state index is 6.12. The van der Waals surface area contributed by atoms with Gasteiger partial charge in [-0.25, -0.2) is 0 Å². The topological polar surface area (TPSA) is 40.7 Å². The number of para-hydroxylation sites is 2. The third-order valence-corrected chi connectivity index (χ3v) is 6.11. The molecular formula is C24H29N3O2. The number of nitrogens with zero attached hydrogens (tertiary/aromatic N) is 2. The van der Waals surface area contributed by atoms with E-state index in [2.05, 4.69) is 46.1 Å². The van der Waals surface area contributed by atoms with Gasteiger partial charge in [0.1, 0.15) is 12.7 Å². The van der Waals surface area contributed by atoms with Gasteiger partial charge in [0.25, 0.3) is 0 Å². The maximum Gasteiger partial charge on any atom is 0.161 e. The zero-order valence-corrected chi connectivity index (χ0v) is 17.1. The minimum Gasteiger partial charge on any atom is -0.486 e. The van der Waals surface area contributed by atoms with Crippen LogP contribution in [0.3, 0.4) is 0 Å². The number of hydrogen-bond acceptors (Lipinski definition) is 4. The molecule has 152 valence electrons. The molecule has 0 saturated carbocycles. The first-order chi connectivity index (χ1) is 14.2. The molecule has 29 heavy (non-hydrogen) atoms. The summed E-state index contributed by atoms with van der Waals surface area (Å²) in [4.78, 5) is 8.50. The predicted octanol–water partition coefficient (Wildman–Crippen LogP) is 3.48. The van der Waals surface area contributed by atoms with Crippen molar-refractivity contribution in [3.8, 4) is 11.5 Å². The van der Waals surface area contributed by atoms with Gasteiger partial charge in [0.15, 0.2) is 11.5 Å². The molecule has 0 spiro atoms. The molecule has 2 aliphatic rings. The van der Waals surface area contributed by atoms with Crippen molar-refractivity contribution >= 4 is 10.9 Å². The van der Waals surface area contributed by atoms with Crippen LogP contribution in [-0.4, -0.2) is 66.8 Å².